The molecule has 0 saturated carbocycles. The fraction of sp³-hybridized carbons (Fsp3) is 0.636. The van der Waals surface area contributed by atoms with Crippen molar-refractivity contribution in [1.29, 1.82) is 0 Å². The third-order valence-electron chi connectivity index (χ3n) is 3.48. The Morgan fingerprint density at radius 1 is 1.12 bits per heavy atom. The van der Waals surface area contributed by atoms with Crippen molar-refractivity contribution >= 4 is 21.9 Å². The summed E-state index contributed by atoms with van der Waals surface area (Å²) in [6.07, 6.45) is 3.62. The van der Waals surface area contributed by atoms with Gasteiger partial charge in [0.1, 0.15) is 0 Å². The van der Waals surface area contributed by atoms with Gasteiger partial charge in [-0.2, -0.15) is 0 Å². The first-order valence-corrected chi connectivity index (χ1v) is 6.79. The van der Waals surface area contributed by atoms with Gasteiger partial charge in [-0.15, -0.1) is 0 Å². The molecule has 6 heteroatoms. The fourth-order valence-electron chi connectivity index (χ4n) is 2.29. The minimum Gasteiger partial charge on any atom is -0.338 e. The second-order valence-electron chi connectivity index (χ2n) is 4.54. The molecule has 0 radical (unpaired) electrons. The molecule has 2 fully saturated rings. The van der Waals surface area contributed by atoms with Gasteiger partial charge in [-0.1, -0.05) is 0 Å². The van der Waals surface area contributed by atoms with E-state index >= 15 is 0 Å². The molecule has 0 amide bonds. The Balaban J connectivity index is 1.58. The molecule has 2 aliphatic heterocycles. The largest absolute Gasteiger partial charge is 0.338 e. The number of piperazine rings is 1. The van der Waals surface area contributed by atoms with Gasteiger partial charge >= 0.3 is 0 Å². The van der Waals surface area contributed by atoms with Gasteiger partial charge in [-0.25, -0.2) is 9.97 Å². The summed E-state index contributed by atoms with van der Waals surface area (Å²) in [6, 6.07) is 0.753. The van der Waals surface area contributed by atoms with E-state index < -0.39 is 0 Å². The maximum absolute atomic E-state index is 4.34. The van der Waals surface area contributed by atoms with Crippen LogP contribution in [0.4, 0.5) is 5.95 Å². The predicted molar refractivity (Wildman–Crippen MR) is 70.2 cm³/mol. The van der Waals surface area contributed by atoms with E-state index in [0.717, 1.165) is 55.7 Å². The molecule has 0 spiro atoms. The molecular formula is C11H16BrN5. The summed E-state index contributed by atoms with van der Waals surface area (Å²) in [4.78, 5) is 13.5. The van der Waals surface area contributed by atoms with Crippen molar-refractivity contribution in [3.05, 3.63) is 16.9 Å². The van der Waals surface area contributed by atoms with Crippen molar-refractivity contribution in [2.45, 2.75) is 6.04 Å². The molecule has 5 nitrogen and oxygen atoms in total. The van der Waals surface area contributed by atoms with Crippen molar-refractivity contribution in [2.75, 3.05) is 44.2 Å². The van der Waals surface area contributed by atoms with Crippen molar-refractivity contribution in [2.24, 2.45) is 0 Å². The summed E-state index contributed by atoms with van der Waals surface area (Å²) >= 11 is 3.36. The predicted octanol–water partition coefficient (Wildman–Crippen LogP) is 0.333. The molecule has 0 aliphatic carbocycles. The quantitative estimate of drug-likeness (QED) is 0.852. The molecule has 3 heterocycles. The highest BCUT2D eigenvalue weighted by Gasteiger charge is 2.28. The Morgan fingerprint density at radius 3 is 2.29 bits per heavy atom. The highest BCUT2D eigenvalue weighted by molar-refractivity contribution is 9.10. The molecule has 0 aromatic carbocycles. The van der Waals surface area contributed by atoms with Gasteiger partial charge in [0.15, 0.2) is 0 Å². The number of hydrogen-bond acceptors (Lipinski definition) is 5. The Labute approximate surface area is 109 Å². The van der Waals surface area contributed by atoms with Crippen LogP contribution in [0.15, 0.2) is 16.9 Å². The second-order valence-corrected chi connectivity index (χ2v) is 5.45. The molecule has 3 rings (SSSR count). The molecule has 0 unspecified atom stereocenters. The molecular weight excluding hydrogens is 282 g/mol. The van der Waals surface area contributed by atoms with Crippen LogP contribution in [-0.2, 0) is 0 Å². The smallest absolute Gasteiger partial charge is 0.225 e. The van der Waals surface area contributed by atoms with Gasteiger partial charge in [0, 0.05) is 57.7 Å². The van der Waals surface area contributed by atoms with E-state index in [1.54, 1.807) is 0 Å². The number of halogens is 1. The Morgan fingerprint density at radius 2 is 1.76 bits per heavy atom. The van der Waals surface area contributed by atoms with Crippen LogP contribution in [-0.4, -0.2) is 60.2 Å². The van der Waals surface area contributed by atoms with Crippen LogP contribution < -0.4 is 10.2 Å². The molecule has 17 heavy (non-hydrogen) atoms. The SMILES string of the molecule is Brc1cnc(N2CCN(C3CNC3)CC2)nc1. The molecule has 1 aromatic rings. The standard InChI is InChI=1S/C11H16BrN5/c12-9-5-14-11(15-6-9)17-3-1-16(2-4-17)10-7-13-8-10/h5-6,10,13H,1-4,7-8H2. The average molecular weight is 298 g/mol. The van der Waals surface area contributed by atoms with E-state index in [1.807, 2.05) is 12.4 Å². The summed E-state index contributed by atoms with van der Waals surface area (Å²) in [5, 5.41) is 3.32. The zero-order valence-electron chi connectivity index (χ0n) is 9.64. The molecule has 1 aromatic heterocycles. The van der Waals surface area contributed by atoms with Crippen molar-refractivity contribution in [1.82, 2.24) is 20.2 Å². The van der Waals surface area contributed by atoms with E-state index in [1.165, 1.54) is 0 Å². The molecule has 2 saturated heterocycles. The van der Waals surface area contributed by atoms with Crippen LogP contribution in [0.3, 0.4) is 0 Å². The van der Waals surface area contributed by atoms with Crippen LogP contribution in [0.25, 0.3) is 0 Å². The Hall–Kier alpha value is -0.720. The van der Waals surface area contributed by atoms with Crippen LogP contribution in [0.5, 0.6) is 0 Å². The minimum absolute atomic E-state index is 0.753. The maximum Gasteiger partial charge on any atom is 0.225 e. The number of nitrogens with one attached hydrogen (secondary N) is 1. The van der Waals surface area contributed by atoms with Gasteiger partial charge in [-0.3, -0.25) is 4.90 Å². The molecule has 0 atom stereocenters. The first-order valence-electron chi connectivity index (χ1n) is 6.00. The summed E-state index contributed by atoms with van der Waals surface area (Å²) in [5.41, 5.74) is 0. The lowest BCUT2D eigenvalue weighted by Crippen LogP contribution is -2.61. The second kappa shape index (κ2) is 4.88. The molecule has 92 valence electrons. The fourth-order valence-corrected chi connectivity index (χ4v) is 2.49. The first kappa shape index (κ1) is 11.4. The van der Waals surface area contributed by atoms with Crippen LogP contribution >= 0.6 is 15.9 Å². The van der Waals surface area contributed by atoms with Gasteiger partial charge in [-0.05, 0) is 15.9 Å². The maximum atomic E-state index is 4.34. The van der Waals surface area contributed by atoms with Gasteiger partial charge in [0.05, 0.1) is 4.47 Å². The van der Waals surface area contributed by atoms with Crippen LogP contribution in [0.1, 0.15) is 0 Å². The third kappa shape index (κ3) is 2.43. The number of aromatic nitrogens is 2. The van der Waals surface area contributed by atoms with Gasteiger partial charge in [0.2, 0.25) is 5.95 Å². The van der Waals surface area contributed by atoms with Crippen LogP contribution in [0.2, 0.25) is 0 Å². The lowest BCUT2D eigenvalue weighted by Gasteiger charge is -2.43. The normalized spacial score (nSPS) is 22.5. The van der Waals surface area contributed by atoms with Crippen LogP contribution in [0, 0.1) is 0 Å². The van der Waals surface area contributed by atoms with E-state index in [0.29, 0.717) is 0 Å². The molecule has 0 bridgehead atoms. The Bertz CT molecular complexity index is 370. The highest BCUT2D eigenvalue weighted by atomic mass is 79.9. The zero-order valence-corrected chi connectivity index (χ0v) is 11.2. The molecule has 2 aliphatic rings. The average Bonchev–Trinajstić information content (AvgIpc) is 2.29. The lowest BCUT2D eigenvalue weighted by molar-refractivity contribution is 0.137. The lowest BCUT2D eigenvalue weighted by atomic mass is 10.1. The summed E-state index contributed by atoms with van der Waals surface area (Å²) < 4.78 is 0.931. The van der Waals surface area contributed by atoms with E-state index in [4.69, 9.17) is 0 Å². The first-order chi connectivity index (χ1) is 8.33. The molecule has 1 N–H and O–H groups in total. The summed E-state index contributed by atoms with van der Waals surface area (Å²) in [5.74, 6) is 0.847. The van der Waals surface area contributed by atoms with Gasteiger partial charge < -0.3 is 10.2 Å². The summed E-state index contributed by atoms with van der Waals surface area (Å²) in [7, 11) is 0. The third-order valence-corrected chi connectivity index (χ3v) is 3.89. The van der Waals surface area contributed by atoms with E-state index in [-0.39, 0.29) is 0 Å². The number of hydrogen-bond donors (Lipinski definition) is 1. The Kier molecular flexibility index (Phi) is 3.26. The topological polar surface area (TPSA) is 44.3 Å². The summed E-state index contributed by atoms with van der Waals surface area (Å²) in [6.45, 7) is 6.58. The highest BCUT2D eigenvalue weighted by Crippen LogP contribution is 2.15. The number of anilines is 1. The minimum atomic E-state index is 0.753. The number of nitrogens with zero attached hydrogens (tertiary/aromatic N) is 4. The zero-order chi connectivity index (χ0) is 11.7. The van der Waals surface area contributed by atoms with Gasteiger partial charge in [0.25, 0.3) is 0 Å². The van der Waals surface area contributed by atoms with Crippen molar-refractivity contribution in [3.8, 4) is 0 Å². The monoisotopic (exact) mass is 297 g/mol. The van der Waals surface area contributed by atoms with E-state index in [2.05, 4.69) is 41.0 Å². The van der Waals surface area contributed by atoms with E-state index in [9.17, 15) is 0 Å². The van der Waals surface area contributed by atoms with Crippen molar-refractivity contribution in [3.63, 3.8) is 0 Å². The number of rotatable bonds is 2. The van der Waals surface area contributed by atoms with Crippen molar-refractivity contribution < 1.29 is 0 Å².